The van der Waals surface area contributed by atoms with Crippen LogP contribution in [0, 0.1) is 0 Å². The van der Waals surface area contributed by atoms with Gasteiger partial charge in [-0.1, -0.05) is 30.3 Å². The van der Waals surface area contributed by atoms with Crippen molar-refractivity contribution in [1.82, 2.24) is 4.98 Å². The number of rotatable bonds is 4. The van der Waals surface area contributed by atoms with Crippen molar-refractivity contribution in [3.8, 4) is 5.88 Å². The molecule has 0 aliphatic carbocycles. The molecule has 6 heteroatoms. The molecule has 1 aromatic carbocycles. The highest BCUT2D eigenvalue weighted by atomic mass is 31.2. The molecule has 0 saturated carbocycles. The third kappa shape index (κ3) is 4.72. The van der Waals surface area contributed by atoms with Crippen molar-refractivity contribution in [2.24, 2.45) is 0 Å². The number of carbonyl (C=O) groups is 1. The molecule has 0 atom stereocenters. The zero-order valence-electron chi connectivity index (χ0n) is 11.9. The molecule has 0 aliphatic rings. The first-order valence-corrected chi connectivity index (χ1v) is 8.95. The number of aromatic nitrogens is 1. The summed E-state index contributed by atoms with van der Waals surface area (Å²) in [7, 11) is -2.26. The molecule has 0 spiro atoms. The predicted molar refractivity (Wildman–Crippen MR) is 80.6 cm³/mol. The van der Waals surface area contributed by atoms with Gasteiger partial charge in [-0.2, -0.15) is 0 Å². The van der Waals surface area contributed by atoms with Crippen LogP contribution in [0.15, 0.2) is 48.7 Å². The van der Waals surface area contributed by atoms with Gasteiger partial charge in [-0.25, -0.2) is 9.78 Å². The molecule has 0 saturated heterocycles. The van der Waals surface area contributed by atoms with E-state index in [4.69, 9.17) is 9.47 Å². The second kappa shape index (κ2) is 6.55. The summed E-state index contributed by atoms with van der Waals surface area (Å²) in [5.41, 5.74) is 0.796. The summed E-state index contributed by atoms with van der Waals surface area (Å²) in [5, 5.41) is 0.794. The van der Waals surface area contributed by atoms with Gasteiger partial charge in [-0.15, -0.1) is 0 Å². The first-order chi connectivity index (χ1) is 9.95. The summed E-state index contributed by atoms with van der Waals surface area (Å²) in [5.74, 6) is 0.191. The number of ether oxygens (including phenoxy) is 2. The van der Waals surface area contributed by atoms with E-state index in [1.165, 1.54) is 6.20 Å². The van der Waals surface area contributed by atoms with Gasteiger partial charge in [0.25, 0.3) is 0 Å². The smallest absolute Gasteiger partial charge is 0.429 e. The number of hydrogen-bond acceptors (Lipinski definition) is 5. The Hall–Kier alpha value is -2.13. The largest absolute Gasteiger partial charge is 0.515 e. The van der Waals surface area contributed by atoms with E-state index in [-0.39, 0.29) is 12.5 Å². The van der Waals surface area contributed by atoms with Gasteiger partial charge in [0, 0.05) is 17.6 Å². The van der Waals surface area contributed by atoms with E-state index in [1.807, 2.05) is 0 Å². The Bertz CT molecular complexity index is 649. The molecule has 21 heavy (non-hydrogen) atoms. The fourth-order valence-corrected chi connectivity index (χ4v) is 2.48. The molecule has 0 amide bonds. The molecule has 2 rings (SSSR count). The minimum atomic E-state index is -2.26. The van der Waals surface area contributed by atoms with Crippen molar-refractivity contribution < 1.29 is 18.8 Å². The van der Waals surface area contributed by atoms with E-state index >= 15 is 0 Å². The molecule has 1 aromatic heterocycles. The fraction of sp³-hybridized carbons (Fsp3) is 0.200. The van der Waals surface area contributed by atoms with Crippen molar-refractivity contribution in [3.05, 3.63) is 54.2 Å². The monoisotopic (exact) mass is 305 g/mol. The Morgan fingerprint density at radius 3 is 2.43 bits per heavy atom. The summed E-state index contributed by atoms with van der Waals surface area (Å²) in [6.45, 7) is 3.51. The zero-order chi connectivity index (χ0) is 15.3. The van der Waals surface area contributed by atoms with E-state index in [0.717, 1.165) is 10.9 Å². The number of nitrogens with zero attached hydrogens (tertiary/aromatic N) is 1. The maximum Gasteiger partial charge on any atom is 0.515 e. The summed E-state index contributed by atoms with van der Waals surface area (Å²) >= 11 is 0. The Kier molecular flexibility index (Phi) is 4.76. The van der Waals surface area contributed by atoms with Crippen molar-refractivity contribution >= 4 is 18.6 Å². The quantitative estimate of drug-likeness (QED) is 0.641. The molecular formula is C15H16NO4P. The highest BCUT2D eigenvalue weighted by Gasteiger charge is 2.11. The summed E-state index contributed by atoms with van der Waals surface area (Å²) in [6, 6.07) is 12.1. The van der Waals surface area contributed by atoms with Crippen LogP contribution in [-0.2, 0) is 15.9 Å². The normalized spacial score (nSPS) is 11.0. The van der Waals surface area contributed by atoms with Crippen LogP contribution in [0.5, 0.6) is 5.88 Å². The molecule has 1 heterocycles. The van der Waals surface area contributed by atoms with E-state index < -0.39 is 13.3 Å². The Morgan fingerprint density at radius 2 is 1.86 bits per heavy atom. The molecule has 5 nitrogen and oxygen atoms in total. The van der Waals surface area contributed by atoms with Crippen LogP contribution in [0.25, 0.3) is 0 Å². The lowest BCUT2D eigenvalue weighted by atomic mass is 10.2. The van der Waals surface area contributed by atoms with Gasteiger partial charge in [0.05, 0.1) is 0 Å². The lowest BCUT2D eigenvalue weighted by Gasteiger charge is -2.08. The van der Waals surface area contributed by atoms with Gasteiger partial charge in [-0.3, -0.25) is 0 Å². The van der Waals surface area contributed by atoms with Gasteiger partial charge in [0.1, 0.15) is 13.7 Å². The van der Waals surface area contributed by atoms with Crippen LogP contribution in [0.1, 0.15) is 5.56 Å². The summed E-state index contributed by atoms with van der Waals surface area (Å²) in [6.07, 6.45) is 0.712. The molecule has 0 N–H and O–H groups in total. The lowest BCUT2D eigenvalue weighted by Crippen LogP contribution is -2.11. The van der Waals surface area contributed by atoms with Gasteiger partial charge in [0.15, 0.2) is 0 Å². The maximum atomic E-state index is 11.9. The molecule has 0 radical (unpaired) electrons. The van der Waals surface area contributed by atoms with Crippen LogP contribution >= 0.6 is 7.14 Å². The number of carbonyl (C=O) groups excluding carboxylic acids is 1. The highest BCUT2D eigenvalue weighted by molar-refractivity contribution is 7.70. The second-order valence-electron chi connectivity index (χ2n) is 4.83. The third-order valence-electron chi connectivity index (χ3n) is 2.74. The van der Waals surface area contributed by atoms with E-state index in [0.29, 0.717) is 0 Å². The van der Waals surface area contributed by atoms with Crippen LogP contribution in [0.3, 0.4) is 0 Å². The lowest BCUT2D eigenvalue weighted by molar-refractivity contribution is 0.0912. The van der Waals surface area contributed by atoms with Gasteiger partial charge in [-0.05, 0) is 25.0 Å². The standard InChI is InChI=1S/C15H16NO4P/c1-21(2,18)13-8-6-12(7-9-13)11-19-15(17)20-14-5-3-4-10-16-14/h3-10H,11H2,1-2H3. The first kappa shape index (κ1) is 15.3. The van der Waals surface area contributed by atoms with Crippen molar-refractivity contribution in [1.29, 1.82) is 0 Å². The summed E-state index contributed by atoms with van der Waals surface area (Å²) in [4.78, 5) is 15.3. The molecular weight excluding hydrogens is 289 g/mol. The number of pyridine rings is 1. The van der Waals surface area contributed by atoms with Gasteiger partial charge >= 0.3 is 6.16 Å². The molecule has 0 unspecified atom stereocenters. The predicted octanol–water partition coefficient (Wildman–Crippen LogP) is 3.05. The zero-order valence-corrected chi connectivity index (χ0v) is 12.7. The summed E-state index contributed by atoms with van der Waals surface area (Å²) < 4.78 is 21.8. The van der Waals surface area contributed by atoms with Crippen molar-refractivity contribution in [2.75, 3.05) is 13.3 Å². The average Bonchev–Trinajstić information content (AvgIpc) is 2.46. The average molecular weight is 305 g/mol. The van der Waals surface area contributed by atoms with Crippen LogP contribution in [-0.4, -0.2) is 24.5 Å². The number of hydrogen-bond donors (Lipinski definition) is 0. The number of benzene rings is 1. The minimum Gasteiger partial charge on any atom is -0.429 e. The topological polar surface area (TPSA) is 65.5 Å². The minimum absolute atomic E-state index is 0.0870. The van der Waals surface area contributed by atoms with E-state index in [9.17, 15) is 9.36 Å². The molecule has 0 bridgehead atoms. The molecule has 0 fully saturated rings. The van der Waals surface area contributed by atoms with Crippen LogP contribution in [0.2, 0.25) is 0 Å². The second-order valence-corrected chi connectivity index (χ2v) is 8.04. The third-order valence-corrected chi connectivity index (χ3v) is 4.28. The maximum absolute atomic E-state index is 11.9. The first-order valence-electron chi connectivity index (χ1n) is 6.35. The van der Waals surface area contributed by atoms with Crippen molar-refractivity contribution in [3.63, 3.8) is 0 Å². The molecule has 110 valence electrons. The Balaban J connectivity index is 1.88. The molecule has 2 aromatic rings. The van der Waals surface area contributed by atoms with E-state index in [1.54, 1.807) is 55.8 Å². The highest BCUT2D eigenvalue weighted by Crippen LogP contribution is 2.34. The fourth-order valence-electron chi connectivity index (χ4n) is 1.62. The molecule has 0 aliphatic heterocycles. The Labute approximate surface area is 123 Å². The van der Waals surface area contributed by atoms with E-state index in [2.05, 4.69) is 4.98 Å². The van der Waals surface area contributed by atoms with Gasteiger partial charge < -0.3 is 14.0 Å². The van der Waals surface area contributed by atoms with Crippen molar-refractivity contribution in [2.45, 2.75) is 6.61 Å². The Morgan fingerprint density at radius 1 is 1.14 bits per heavy atom. The SMILES string of the molecule is CP(C)(=O)c1ccc(COC(=O)Oc2ccccn2)cc1. The van der Waals surface area contributed by atoms with Gasteiger partial charge in [0.2, 0.25) is 5.88 Å². The van der Waals surface area contributed by atoms with Crippen LogP contribution in [0.4, 0.5) is 4.79 Å². The van der Waals surface area contributed by atoms with Crippen LogP contribution < -0.4 is 10.0 Å².